The van der Waals surface area contributed by atoms with Gasteiger partial charge < -0.3 is 20.7 Å². The van der Waals surface area contributed by atoms with Crippen molar-refractivity contribution < 1.29 is 19.5 Å². The van der Waals surface area contributed by atoms with Gasteiger partial charge in [0.2, 0.25) is 0 Å². The van der Waals surface area contributed by atoms with Gasteiger partial charge >= 0.3 is 5.97 Å². The van der Waals surface area contributed by atoms with Crippen molar-refractivity contribution in [3.63, 3.8) is 0 Å². The molecule has 4 aromatic carbocycles. The minimum Gasteiger partial charge on any atom is -0.478 e. The molecule has 0 spiro atoms. The number of carbonyl (C=O) groups excluding carboxylic acids is 2. The number of benzene rings is 4. The lowest BCUT2D eigenvalue weighted by molar-refractivity contribution is 0.0698. The van der Waals surface area contributed by atoms with Crippen molar-refractivity contribution in [1.82, 2.24) is 9.97 Å². The highest BCUT2D eigenvalue weighted by molar-refractivity contribution is 6.31. The number of fused-ring (bicyclic) bond motifs is 1. The number of carboxylic acid groups (broad SMARTS) is 1. The van der Waals surface area contributed by atoms with Gasteiger partial charge in [0.05, 0.1) is 22.3 Å². The number of nitrogens with zero attached hydrogens (tertiary/aromatic N) is 1. The van der Waals surface area contributed by atoms with Crippen LogP contribution < -0.4 is 10.6 Å². The predicted octanol–water partition coefficient (Wildman–Crippen LogP) is 6.74. The number of halogens is 2. The second-order valence-corrected chi connectivity index (χ2v) is 9.18. The van der Waals surface area contributed by atoms with Crippen LogP contribution in [0.2, 0.25) is 10.0 Å². The molecular weight excluding hydrogens is 527 g/mol. The van der Waals surface area contributed by atoms with Gasteiger partial charge in [-0.1, -0.05) is 35.3 Å². The molecule has 5 aromatic rings. The number of aromatic amines is 1. The summed E-state index contributed by atoms with van der Waals surface area (Å²) >= 11 is 11.9. The highest BCUT2D eigenvalue weighted by Crippen LogP contribution is 2.24. The van der Waals surface area contributed by atoms with E-state index in [0.717, 1.165) is 16.6 Å². The zero-order valence-electron chi connectivity index (χ0n) is 19.5. The molecule has 1 aromatic heterocycles. The Bertz CT molecular complexity index is 1700. The molecule has 0 radical (unpaired) electrons. The maximum atomic E-state index is 12.9. The number of carboxylic acids is 1. The van der Waals surface area contributed by atoms with Gasteiger partial charge in [0.1, 0.15) is 5.82 Å². The standard InChI is InChI=1S/C28H18Cl2N4O4/c29-18-6-9-20(10-7-18)31-27(36)17-5-11-22(21(13-17)28(37)38)34-26(35)16-3-1-15(2-4-16)25-32-23-12-8-19(30)14-24(23)33-25/h1-14H,(H,31,36)(H,32,33)(H,34,35)(H,37,38). The van der Waals surface area contributed by atoms with Crippen LogP contribution in [0, 0.1) is 0 Å². The molecule has 0 saturated carbocycles. The van der Waals surface area contributed by atoms with Crippen molar-refractivity contribution >= 4 is 63.4 Å². The van der Waals surface area contributed by atoms with Crippen LogP contribution in [0.1, 0.15) is 31.1 Å². The lowest BCUT2D eigenvalue weighted by atomic mass is 10.1. The van der Waals surface area contributed by atoms with Crippen molar-refractivity contribution in [2.24, 2.45) is 0 Å². The molecule has 0 atom stereocenters. The van der Waals surface area contributed by atoms with Crippen LogP contribution in [0.5, 0.6) is 0 Å². The summed E-state index contributed by atoms with van der Waals surface area (Å²) in [6.45, 7) is 0. The van der Waals surface area contributed by atoms with E-state index >= 15 is 0 Å². The van der Waals surface area contributed by atoms with Crippen molar-refractivity contribution in [2.75, 3.05) is 10.6 Å². The monoisotopic (exact) mass is 544 g/mol. The molecule has 4 N–H and O–H groups in total. The first kappa shape index (κ1) is 25.0. The molecule has 38 heavy (non-hydrogen) atoms. The summed E-state index contributed by atoms with van der Waals surface area (Å²) in [5, 5.41) is 16.1. The Balaban J connectivity index is 1.32. The average molecular weight is 545 g/mol. The molecule has 2 amide bonds. The maximum Gasteiger partial charge on any atom is 0.337 e. The number of carbonyl (C=O) groups is 3. The summed E-state index contributed by atoms with van der Waals surface area (Å²) in [4.78, 5) is 45.1. The van der Waals surface area contributed by atoms with Gasteiger partial charge in [-0.05, 0) is 72.8 Å². The number of nitrogens with one attached hydrogen (secondary N) is 3. The summed E-state index contributed by atoms with van der Waals surface area (Å²) in [7, 11) is 0. The zero-order valence-corrected chi connectivity index (χ0v) is 21.0. The highest BCUT2D eigenvalue weighted by atomic mass is 35.5. The number of aromatic nitrogens is 2. The number of anilines is 2. The summed E-state index contributed by atoms with van der Waals surface area (Å²) in [5.74, 6) is -1.68. The predicted molar refractivity (Wildman–Crippen MR) is 147 cm³/mol. The van der Waals surface area contributed by atoms with E-state index in [1.165, 1.54) is 18.2 Å². The molecule has 0 bridgehead atoms. The van der Waals surface area contributed by atoms with Gasteiger partial charge in [0, 0.05) is 32.4 Å². The molecular formula is C28H18Cl2N4O4. The highest BCUT2D eigenvalue weighted by Gasteiger charge is 2.17. The van der Waals surface area contributed by atoms with E-state index in [9.17, 15) is 19.5 Å². The zero-order chi connectivity index (χ0) is 26.8. The Hall–Kier alpha value is -4.66. The quantitative estimate of drug-likeness (QED) is 0.188. The average Bonchev–Trinajstić information content (AvgIpc) is 3.33. The number of amides is 2. The van der Waals surface area contributed by atoms with Crippen LogP contribution in [0.15, 0.2) is 84.9 Å². The van der Waals surface area contributed by atoms with Gasteiger partial charge in [-0.3, -0.25) is 9.59 Å². The largest absolute Gasteiger partial charge is 0.478 e. The number of aromatic carboxylic acids is 1. The summed E-state index contributed by atoms with van der Waals surface area (Å²) in [6, 6.07) is 22.6. The Kier molecular flexibility index (Phi) is 6.83. The van der Waals surface area contributed by atoms with Crippen LogP contribution in [0.25, 0.3) is 22.4 Å². The van der Waals surface area contributed by atoms with E-state index in [0.29, 0.717) is 27.1 Å². The lowest BCUT2D eigenvalue weighted by Gasteiger charge is -2.11. The third kappa shape index (κ3) is 5.36. The summed E-state index contributed by atoms with van der Waals surface area (Å²) in [6.07, 6.45) is 0. The van der Waals surface area contributed by atoms with Gasteiger partial charge in [-0.15, -0.1) is 0 Å². The molecule has 0 aliphatic carbocycles. The fraction of sp³-hybridized carbons (Fsp3) is 0. The van der Waals surface area contributed by atoms with E-state index in [1.807, 2.05) is 6.07 Å². The van der Waals surface area contributed by atoms with Crippen LogP contribution in [-0.4, -0.2) is 32.9 Å². The first-order valence-corrected chi connectivity index (χ1v) is 12.0. The molecule has 0 aliphatic rings. The number of imidazole rings is 1. The van der Waals surface area contributed by atoms with E-state index in [-0.39, 0.29) is 16.8 Å². The maximum absolute atomic E-state index is 12.9. The molecule has 0 aliphatic heterocycles. The molecule has 0 saturated heterocycles. The molecule has 0 unspecified atom stereocenters. The van der Waals surface area contributed by atoms with Crippen molar-refractivity contribution in [1.29, 1.82) is 0 Å². The molecule has 5 rings (SSSR count). The SMILES string of the molecule is O=C(Nc1ccc(Cl)cc1)c1ccc(NC(=O)c2ccc(-c3nc4ccc(Cl)cc4[nH]3)cc2)c(C(=O)O)c1. The summed E-state index contributed by atoms with van der Waals surface area (Å²) < 4.78 is 0. The van der Waals surface area contributed by atoms with E-state index in [2.05, 4.69) is 20.6 Å². The van der Waals surface area contributed by atoms with Gasteiger partial charge in [-0.2, -0.15) is 0 Å². The fourth-order valence-electron chi connectivity index (χ4n) is 3.80. The topological polar surface area (TPSA) is 124 Å². The first-order chi connectivity index (χ1) is 18.3. The molecule has 188 valence electrons. The summed E-state index contributed by atoms with van der Waals surface area (Å²) in [5.41, 5.74) is 3.09. The Morgan fingerprint density at radius 3 is 2.11 bits per heavy atom. The normalized spacial score (nSPS) is 10.8. The fourth-order valence-corrected chi connectivity index (χ4v) is 4.10. The van der Waals surface area contributed by atoms with E-state index < -0.39 is 17.8 Å². The van der Waals surface area contributed by atoms with Crippen LogP contribution in [0.3, 0.4) is 0 Å². The molecule has 10 heteroatoms. The van der Waals surface area contributed by atoms with E-state index in [1.54, 1.807) is 60.7 Å². The minimum absolute atomic E-state index is 0.0591. The minimum atomic E-state index is -1.29. The Labute approximate surface area is 226 Å². The van der Waals surface area contributed by atoms with Crippen molar-refractivity contribution in [3.8, 4) is 11.4 Å². The van der Waals surface area contributed by atoms with E-state index in [4.69, 9.17) is 23.2 Å². The smallest absolute Gasteiger partial charge is 0.337 e. The lowest BCUT2D eigenvalue weighted by Crippen LogP contribution is -2.17. The van der Waals surface area contributed by atoms with Crippen LogP contribution in [-0.2, 0) is 0 Å². The number of H-pyrrole nitrogens is 1. The van der Waals surface area contributed by atoms with Crippen LogP contribution in [0.4, 0.5) is 11.4 Å². The Morgan fingerprint density at radius 1 is 0.737 bits per heavy atom. The number of hydrogen-bond donors (Lipinski definition) is 4. The second kappa shape index (κ2) is 10.4. The Morgan fingerprint density at radius 2 is 1.39 bits per heavy atom. The third-order valence-electron chi connectivity index (χ3n) is 5.73. The van der Waals surface area contributed by atoms with Gasteiger partial charge in [0.25, 0.3) is 11.8 Å². The molecule has 0 fully saturated rings. The van der Waals surface area contributed by atoms with Crippen molar-refractivity contribution in [2.45, 2.75) is 0 Å². The third-order valence-corrected chi connectivity index (χ3v) is 6.21. The second-order valence-electron chi connectivity index (χ2n) is 8.30. The number of hydrogen-bond acceptors (Lipinski definition) is 4. The van der Waals surface area contributed by atoms with Gasteiger partial charge in [0.15, 0.2) is 0 Å². The molecule has 8 nitrogen and oxygen atoms in total. The number of rotatable bonds is 6. The van der Waals surface area contributed by atoms with Crippen molar-refractivity contribution in [3.05, 3.63) is 112 Å². The van der Waals surface area contributed by atoms with Gasteiger partial charge in [-0.25, -0.2) is 9.78 Å². The first-order valence-electron chi connectivity index (χ1n) is 11.3. The van der Waals surface area contributed by atoms with Crippen LogP contribution >= 0.6 is 23.2 Å². The molecule has 1 heterocycles.